The monoisotopic (exact) mass is 421 g/mol. The first-order chi connectivity index (χ1) is 14.7. The van der Waals surface area contributed by atoms with Crippen molar-refractivity contribution in [2.45, 2.75) is 38.0 Å². The molecule has 0 N–H and O–H groups in total. The van der Waals surface area contributed by atoms with Crippen LogP contribution >= 0.6 is 11.6 Å². The summed E-state index contributed by atoms with van der Waals surface area (Å²) in [5.41, 5.74) is 3.92. The average molecular weight is 422 g/mol. The molecule has 4 aromatic rings. The molecule has 6 heteroatoms. The fraction of sp³-hybridized carbons (Fsp3) is 0.250. The highest BCUT2D eigenvalue weighted by Crippen LogP contribution is 2.39. The fourth-order valence-electron chi connectivity index (χ4n) is 4.09. The van der Waals surface area contributed by atoms with Crippen molar-refractivity contribution in [3.05, 3.63) is 94.8 Å². The molecule has 0 aliphatic heterocycles. The number of aromatic nitrogens is 3. The lowest BCUT2D eigenvalue weighted by Gasteiger charge is -2.36. The van der Waals surface area contributed by atoms with Gasteiger partial charge in [-0.25, -0.2) is 14.4 Å². The lowest BCUT2D eigenvalue weighted by Crippen LogP contribution is -2.33. The van der Waals surface area contributed by atoms with E-state index >= 15 is 0 Å². The maximum atomic E-state index is 13.6. The summed E-state index contributed by atoms with van der Waals surface area (Å²) < 4.78 is 21.9. The highest BCUT2D eigenvalue weighted by Gasteiger charge is 2.33. The Bertz CT molecular complexity index is 1170. The standard InChI is InChI=1S/C24H21ClFN3O/c25-23-22-18(9-17-7-4-8-19(26)10-17)13-29(24(22)28-15-27-23)20-11-21(12-20)30-14-16-5-2-1-3-6-16/h1-8,10,13,15,20-21H,9,11-12,14H2. The average Bonchev–Trinajstić information content (AvgIpc) is 3.07. The smallest absolute Gasteiger partial charge is 0.145 e. The van der Waals surface area contributed by atoms with Crippen LogP contribution in [0.3, 0.4) is 0 Å². The Morgan fingerprint density at radius 3 is 2.63 bits per heavy atom. The summed E-state index contributed by atoms with van der Waals surface area (Å²) in [5, 5.41) is 1.28. The highest BCUT2D eigenvalue weighted by atomic mass is 35.5. The first-order valence-electron chi connectivity index (χ1n) is 10.1. The van der Waals surface area contributed by atoms with Gasteiger partial charge < -0.3 is 9.30 Å². The van der Waals surface area contributed by atoms with Gasteiger partial charge in [0.1, 0.15) is 22.9 Å². The van der Waals surface area contributed by atoms with E-state index in [1.807, 2.05) is 24.3 Å². The lowest BCUT2D eigenvalue weighted by molar-refractivity contribution is -0.0348. The number of halogens is 2. The van der Waals surface area contributed by atoms with Crippen LogP contribution in [-0.4, -0.2) is 20.6 Å². The van der Waals surface area contributed by atoms with Crippen molar-refractivity contribution >= 4 is 22.6 Å². The Morgan fingerprint density at radius 2 is 1.83 bits per heavy atom. The summed E-state index contributed by atoms with van der Waals surface area (Å²) >= 11 is 6.42. The molecule has 5 rings (SSSR count). The third-order valence-electron chi connectivity index (χ3n) is 5.72. The number of fused-ring (bicyclic) bond motifs is 1. The summed E-state index contributed by atoms with van der Waals surface area (Å²) in [5.74, 6) is -0.240. The van der Waals surface area contributed by atoms with Gasteiger partial charge in [-0.2, -0.15) is 0 Å². The molecule has 1 saturated carbocycles. The zero-order valence-electron chi connectivity index (χ0n) is 16.3. The van der Waals surface area contributed by atoms with Crippen LogP contribution in [0.2, 0.25) is 5.15 Å². The SMILES string of the molecule is Fc1cccc(Cc2cn(C3CC(OCc4ccccc4)C3)c3ncnc(Cl)c23)c1. The Labute approximate surface area is 179 Å². The molecule has 2 heterocycles. The molecule has 0 atom stereocenters. The fourth-order valence-corrected chi connectivity index (χ4v) is 4.34. The number of nitrogens with zero attached hydrogens (tertiary/aromatic N) is 3. The van der Waals surface area contributed by atoms with E-state index in [0.717, 1.165) is 35.0 Å². The highest BCUT2D eigenvalue weighted by molar-refractivity contribution is 6.34. The number of rotatable bonds is 6. The van der Waals surface area contributed by atoms with Gasteiger partial charge in [0.05, 0.1) is 18.1 Å². The van der Waals surface area contributed by atoms with Crippen molar-refractivity contribution in [3.8, 4) is 0 Å². The van der Waals surface area contributed by atoms with Gasteiger partial charge in [0.25, 0.3) is 0 Å². The van der Waals surface area contributed by atoms with E-state index in [9.17, 15) is 4.39 Å². The van der Waals surface area contributed by atoms with E-state index in [1.165, 1.54) is 18.0 Å². The van der Waals surface area contributed by atoms with Gasteiger partial charge in [-0.05, 0) is 48.1 Å². The molecule has 2 aromatic carbocycles. The maximum absolute atomic E-state index is 13.6. The molecule has 4 nitrogen and oxygen atoms in total. The van der Waals surface area contributed by atoms with Crippen molar-refractivity contribution in [2.75, 3.05) is 0 Å². The second-order valence-electron chi connectivity index (χ2n) is 7.78. The molecule has 30 heavy (non-hydrogen) atoms. The molecular weight excluding hydrogens is 401 g/mol. The largest absolute Gasteiger partial charge is 0.373 e. The zero-order chi connectivity index (χ0) is 20.5. The Balaban J connectivity index is 1.35. The number of benzene rings is 2. The normalized spacial score (nSPS) is 18.5. The molecule has 0 spiro atoms. The van der Waals surface area contributed by atoms with Crippen molar-refractivity contribution in [1.29, 1.82) is 0 Å². The van der Waals surface area contributed by atoms with Crippen LogP contribution in [-0.2, 0) is 17.8 Å². The molecule has 0 bridgehead atoms. The molecule has 0 amide bonds. The minimum Gasteiger partial charge on any atom is -0.373 e. The Morgan fingerprint density at radius 1 is 1.03 bits per heavy atom. The van der Waals surface area contributed by atoms with Crippen LogP contribution in [0.5, 0.6) is 0 Å². The molecular formula is C24H21ClFN3O. The summed E-state index contributed by atoms with van der Waals surface area (Å²) in [6.45, 7) is 0.628. The minimum absolute atomic E-state index is 0.233. The van der Waals surface area contributed by atoms with E-state index in [0.29, 0.717) is 24.2 Å². The second-order valence-corrected chi connectivity index (χ2v) is 8.13. The Hall–Kier alpha value is -2.76. The van der Waals surface area contributed by atoms with Crippen molar-refractivity contribution in [1.82, 2.24) is 14.5 Å². The molecule has 1 aliphatic carbocycles. The third-order valence-corrected chi connectivity index (χ3v) is 6.00. The van der Waals surface area contributed by atoms with Crippen LogP contribution in [0, 0.1) is 5.82 Å². The van der Waals surface area contributed by atoms with Gasteiger partial charge in [0.2, 0.25) is 0 Å². The quantitative estimate of drug-likeness (QED) is 0.373. The van der Waals surface area contributed by atoms with E-state index in [1.54, 1.807) is 12.1 Å². The van der Waals surface area contributed by atoms with Gasteiger partial charge in [-0.1, -0.05) is 54.1 Å². The van der Waals surface area contributed by atoms with E-state index in [2.05, 4.69) is 32.9 Å². The summed E-state index contributed by atoms with van der Waals surface area (Å²) in [7, 11) is 0. The van der Waals surface area contributed by atoms with Crippen LogP contribution in [0.25, 0.3) is 11.0 Å². The van der Waals surface area contributed by atoms with Crippen LogP contribution in [0.4, 0.5) is 4.39 Å². The number of hydrogen-bond acceptors (Lipinski definition) is 3. The van der Waals surface area contributed by atoms with Gasteiger partial charge in [-0.15, -0.1) is 0 Å². The zero-order valence-corrected chi connectivity index (χ0v) is 17.1. The Kier molecular flexibility index (Phi) is 5.23. The van der Waals surface area contributed by atoms with Crippen molar-refractivity contribution in [3.63, 3.8) is 0 Å². The maximum Gasteiger partial charge on any atom is 0.145 e. The summed E-state index contributed by atoms with van der Waals surface area (Å²) in [6.07, 6.45) is 6.25. The van der Waals surface area contributed by atoms with Gasteiger partial charge >= 0.3 is 0 Å². The van der Waals surface area contributed by atoms with Gasteiger partial charge in [0, 0.05) is 12.2 Å². The van der Waals surface area contributed by atoms with Crippen LogP contribution < -0.4 is 0 Å². The molecule has 0 saturated heterocycles. The predicted octanol–water partition coefficient (Wildman–Crippen LogP) is 5.73. The lowest BCUT2D eigenvalue weighted by atomic mass is 9.89. The molecule has 2 aromatic heterocycles. The number of ether oxygens (including phenoxy) is 1. The van der Waals surface area contributed by atoms with Crippen molar-refractivity contribution in [2.24, 2.45) is 0 Å². The summed E-state index contributed by atoms with van der Waals surface area (Å²) in [4.78, 5) is 8.66. The first kappa shape index (κ1) is 19.2. The molecule has 1 fully saturated rings. The van der Waals surface area contributed by atoms with Gasteiger partial charge in [0.15, 0.2) is 0 Å². The van der Waals surface area contributed by atoms with Crippen LogP contribution in [0.15, 0.2) is 67.1 Å². The van der Waals surface area contributed by atoms with E-state index in [-0.39, 0.29) is 11.9 Å². The number of hydrogen-bond donors (Lipinski definition) is 0. The minimum atomic E-state index is -0.240. The second kappa shape index (κ2) is 8.17. The van der Waals surface area contributed by atoms with E-state index in [4.69, 9.17) is 16.3 Å². The first-order valence-corrected chi connectivity index (χ1v) is 10.4. The summed E-state index contributed by atoms with van der Waals surface area (Å²) in [6, 6.07) is 17.2. The molecule has 0 unspecified atom stereocenters. The topological polar surface area (TPSA) is 39.9 Å². The van der Waals surface area contributed by atoms with E-state index < -0.39 is 0 Å². The molecule has 152 valence electrons. The molecule has 0 radical (unpaired) electrons. The predicted molar refractivity (Wildman–Crippen MR) is 115 cm³/mol. The third kappa shape index (κ3) is 3.83. The van der Waals surface area contributed by atoms with Crippen LogP contribution in [0.1, 0.15) is 35.6 Å². The molecule has 1 aliphatic rings. The van der Waals surface area contributed by atoms with Crippen molar-refractivity contribution < 1.29 is 9.13 Å². The van der Waals surface area contributed by atoms with Gasteiger partial charge in [-0.3, -0.25) is 0 Å².